The van der Waals surface area contributed by atoms with Crippen molar-refractivity contribution < 1.29 is 41.0 Å². The van der Waals surface area contributed by atoms with Crippen LogP contribution in [0.4, 0.5) is 24.7 Å². The van der Waals surface area contributed by atoms with Gasteiger partial charge in [0.25, 0.3) is 0 Å². The lowest BCUT2D eigenvalue weighted by atomic mass is 10.1. The number of carboxylic acids is 1. The van der Waals surface area contributed by atoms with E-state index in [9.17, 15) is 36.3 Å². The first-order valence-corrected chi connectivity index (χ1v) is 15.0. The topological polar surface area (TPSA) is 147 Å². The van der Waals surface area contributed by atoms with Crippen LogP contribution < -0.4 is 20.1 Å². The summed E-state index contributed by atoms with van der Waals surface area (Å²) in [6, 6.07) is 9.86. The number of anilines is 2. The molecule has 2 aromatic carbocycles. The second kappa shape index (κ2) is 13.4. The van der Waals surface area contributed by atoms with E-state index in [1.165, 1.54) is 30.7 Å². The van der Waals surface area contributed by atoms with Crippen LogP contribution in [0.25, 0.3) is 0 Å². The van der Waals surface area contributed by atoms with Crippen LogP contribution in [-0.2, 0) is 45.1 Å². The molecule has 10 nitrogen and oxygen atoms in total. The fourth-order valence-corrected chi connectivity index (χ4v) is 5.81. The number of nitrogens with one attached hydrogen (secondary N) is 3. The number of rotatable bonds is 12. The molecule has 1 aliphatic rings. The minimum atomic E-state index is -4.78. The van der Waals surface area contributed by atoms with Gasteiger partial charge in [0.05, 0.1) is 22.8 Å². The Morgan fingerprint density at radius 2 is 1.93 bits per heavy atom. The van der Waals surface area contributed by atoms with Gasteiger partial charge in [0.2, 0.25) is 15.9 Å². The lowest BCUT2D eigenvalue weighted by molar-refractivity contribution is -0.139. The van der Waals surface area contributed by atoms with Gasteiger partial charge in [-0.15, -0.1) is 0 Å². The van der Waals surface area contributed by atoms with Crippen LogP contribution in [0.5, 0.6) is 5.75 Å². The van der Waals surface area contributed by atoms with E-state index in [-0.39, 0.29) is 12.1 Å². The van der Waals surface area contributed by atoms with Crippen molar-refractivity contribution in [1.82, 2.24) is 9.71 Å². The summed E-state index contributed by atoms with van der Waals surface area (Å²) in [4.78, 5) is 27.7. The van der Waals surface area contributed by atoms with E-state index < -0.39 is 44.6 Å². The highest BCUT2D eigenvalue weighted by Gasteiger charge is 2.33. The summed E-state index contributed by atoms with van der Waals surface area (Å²) in [5.41, 5.74) is 1.52. The number of carboxylic acid groups (broad SMARTS) is 1. The van der Waals surface area contributed by atoms with Crippen molar-refractivity contribution in [1.29, 1.82) is 0 Å². The fourth-order valence-electron chi connectivity index (χ4n) is 4.57. The smallest absolute Gasteiger partial charge is 0.416 e. The fraction of sp³-hybridized carbons (Fsp3) is 0.345. The molecule has 0 fully saturated rings. The van der Waals surface area contributed by atoms with Crippen molar-refractivity contribution in [3.05, 3.63) is 77.0 Å². The van der Waals surface area contributed by atoms with E-state index in [0.717, 1.165) is 43.0 Å². The number of nitrogens with zero attached hydrogens (tertiary/aromatic N) is 1. The van der Waals surface area contributed by atoms with Crippen LogP contribution in [0, 0.1) is 0 Å². The number of halogens is 3. The van der Waals surface area contributed by atoms with E-state index in [4.69, 9.17) is 4.74 Å². The zero-order valence-corrected chi connectivity index (χ0v) is 24.0. The molecule has 0 saturated carbocycles. The summed E-state index contributed by atoms with van der Waals surface area (Å²) in [6.07, 6.45) is -1.78. The maximum atomic E-state index is 13.1. The van der Waals surface area contributed by atoms with Gasteiger partial charge in [-0.25, -0.2) is 13.4 Å². The minimum absolute atomic E-state index is 0.256. The van der Waals surface area contributed by atoms with Crippen molar-refractivity contribution in [2.75, 3.05) is 23.8 Å². The molecule has 0 radical (unpaired) electrons. The molecule has 0 spiro atoms. The highest BCUT2D eigenvalue weighted by atomic mass is 32.2. The number of ether oxygens (including phenoxy) is 1. The molecule has 4 rings (SSSR count). The molecule has 0 saturated heterocycles. The van der Waals surface area contributed by atoms with E-state index in [2.05, 4.69) is 21.7 Å². The highest BCUT2D eigenvalue weighted by Crippen LogP contribution is 2.31. The Hall–Kier alpha value is -4.17. The maximum Gasteiger partial charge on any atom is 0.416 e. The number of hydrogen-bond donors (Lipinski definition) is 4. The van der Waals surface area contributed by atoms with Gasteiger partial charge in [-0.1, -0.05) is 18.2 Å². The van der Waals surface area contributed by atoms with Crippen molar-refractivity contribution in [2.24, 2.45) is 0 Å². The Morgan fingerprint density at radius 1 is 1.14 bits per heavy atom. The molecule has 4 N–H and O–H groups in total. The van der Waals surface area contributed by atoms with Crippen molar-refractivity contribution in [2.45, 2.75) is 56.1 Å². The zero-order chi connectivity index (χ0) is 31.2. The molecule has 0 unspecified atom stereocenters. The number of aryl methyl sites for hydroxylation is 2. The first kappa shape index (κ1) is 31.8. The monoisotopic (exact) mass is 620 g/mol. The maximum absolute atomic E-state index is 13.1. The number of alkyl halides is 3. The van der Waals surface area contributed by atoms with Crippen molar-refractivity contribution >= 4 is 33.4 Å². The Morgan fingerprint density at radius 3 is 2.65 bits per heavy atom. The summed E-state index contributed by atoms with van der Waals surface area (Å²) in [5, 5.41) is 15.6. The number of sulfonamides is 1. The number of amides is 1. The summed E-state index contributed by atoms with van der Waals surface area (Å²) >= 11 is 0. The number of benzene rings is 2. The number of pyridine rings is 1. The van der Waals surface area contributed by atoms with Crippen LogP contribution in [-0.4, -0.2) is 49.6 Å². The van der Waals surface area contributed by atoms with Crippen LogP contribution in [0.3, 0.4) is 0 Å². The first-order valence-electron chi connectivity index (χ1n) is 13.5. The molecule has 1 aliphatic heterocycles. The second-order valence-electron chi connectivity index (χ2n) is 10.0. The third-order valence-electron chi connectivity index (χ3n) is 6.65. The lowest BCUT2D eigenvalue weighted by Crippen LogP contribution is -2.42. The Balaban J connectivity index is 1.43. The minimum Gasteiger partial charge on any atom is -0.491 e. The zero-order valence-electron chi connectivity index (χ0n) is 23.2. The predicted octanol–water partition coefficient (Wildman–Crippen LogP) is 4.40. The Kier molecular flexibility index (Phi) is 9.91. The highest BCUT2D eigenvalue weighted by molar-refractivity contribution is 7.89. The lowest BCUT2D eigenvalue weighted by Gasteiger charge is -2.18. The van der Waals surface area contributed by atoms with Gasteiger partial charge in [-0.05, 0) is 79.6 Å². The quantitative estimate of drug-likeness (QED) is 0.218. The van der Waals surface area contributed by atoms with Gasteiger partial charge in [0.1, 0.15) is 17.6 Å². The summed E-state index contributed by atoms with van der Waals surface area (Å²) in [6.45, 7) is 2.48. The normalized spacial score (nSPS) is 13.9. The van der Waals surface area contributed by atoms with Crippen LogP contribution in [0.15, 0.2) is 59.5 Å². The van der Waals surface area contributed by atoms with E-state index in [0.29, 0.717) is 42.9 Å². The molecule has 1 amide bonds. The third-order valence-corrected chi connectivity index (χ3v) is 8.12. The number of aliphatic carboxylic acids is 1. The van der Waals surface area contributed by atoms with Crippen LogP contribution >= 0.6 is 0 Å². The Bertz CT molecular complexity index is 1600. The molecule has 2 heterocycles. The molecule has 0 aliphatic carbocycles. The van der Waals surface area contributed by atoms with Gasteiger partial charge < -0.3 is 20.5 Å². The van der Waals surface area contributed by atoms with Gasteiger partial charge >= 0.3 is 12.1 Å². The number of hydrogen-bond acceptors (Lipinski definition) is 7. The Labute approximate surface area is 246 Å². The number of fused-ring (bicyclic) bond motifs is 1. The van der Waals surface area contributed by atoms with Crippen molar-refractivity contribution in [3.8, 4) is 5.75 Å². The second-order valence-corrected chi connectivity index (χ2v) is 11.8. The predicted molar refractivity (Wildman–Crippen MR) is 153 cm³/mol. The van der Waals surface area contributed by atoms with E-state index >= 15 is 0 Å². The molecule has 14 heteroatoms. The van der Waals surface area contributed by atoms with Gasteiger partial charge in [-0.3, -0.25) is 9.59 Å². The molecule has 0 bridgehead atoms. The molecule has 43 heavy (non-hydrogen) atoms. The molecule has 1 aromatic heterocycles. The standard InChI is InChI=1S/C29H31F3N4O6S/c1-18(37)34-24-15-19(9-12-26(24)42-14-4-7-22-11-10-20-5-3-13-33-27(20)35-22)16-25(28(38)39)36-43(40,41)23-8-2-6-21(17-23)29(30,31)32/h2,6,8-12,15,17,25,36H,3-5,7,13-14,16H2,1H3,(H,33,35)(H,34,37)(H,38,39)/t25-/m0/s1. The molecule has 1 atom stereocenters. The molecule has 3 aromatic rings. The summed E-state index contributed by atoms with van der Waals surface area (Å²) < 4.78 is 72.6. The van der Waals surface area contributed by atoms with Crippen LogP contribution in [0.2, 0.25) is 0 Å². The average molecular weight is 621 g/mol. The summed E-state index contributed by atoms with van der Waals surface area (Å²) in [7, 11) is -4.62. The van der Waals surface area contributed by atoms with Crippen molar-refractivity contribution in [3.63, 3.8) is 0 Å². The third kappa shape index (κ3) is 8.67. The molecule has 230 valence electrons. The van der Waals surface area contributed by atoms with Gasteiger partial charge in [0.15, 0.2) is 0 Å². The SMILES string of the molecule is CC(=O)Nc1cc(C[C@H](NS(=O)(=O)c2cccc(C(F)(F)F)c2)C(=O)O)ccc1OCCCc1ccc2c(n1)NCCC2. The van der Waals surface area contributed by atoms with E-state index in [1.807, 2.05) is 10.8 Å². The molecular formula is C29H31F3N4O6S. The largest absolute Gasteiger partial charge is 0.491 e. The van der Waals surface area contributed by atoms with Gasteiger partial charge in [0, 0.05) is 19.2 Å². The number of aromatic nitrogens is 1. The first-order chi connectivity index (χ1) is 20.3. The number of carbonyl (C=O) groups is 2. The summed E-state index contributed by atoms with van der Waals surface area (Å²) in [5.74, 6) is -0.712. The van der Waals surface area contributed by atoms with Crippen LogP contribution in [0.1, 0.15) is 42.1 Å². The van der Waals surface area contributed by atoms with E-state index in [1.54, 1.807) is 0 Å². The number of carbonyl (C=O) groups excluding carboxylic acids is 1. The van der Waals surface area contributed by atoms with Gasteiger partial charge in [-0.2, -0.15) is 17.9 Å². The average Bonchev–Trinajstić information content (AvgIpc) is 2.95. The molecular weight excluding hydrogens is 589 g/mol.